The van der Waals surface area contributed by atoms with E-state index in [0.717, 1.165) is 51.9 Å². The van der Waals surface area contributed by atoms with Crippen molar-refractivity contribution in [1.82, 2.24) is 24.8 Å². The molecule has 0 saturated carbocycles. The Balaban J connectivity index is 1.37. The van der Waals surface area contributed by atoms with Crippen LogP contribution in [0.4, 0.5) is 0 Å². The van der Waals surface area contributed by atoms with Gasteiger partial charge in [0.25, 0.3) is 5.56 Å². The van der Waals surface area contributed by atoms with E-state index in [1.54, 1.807) is 6.07 Å². The van der Waals surface area contributed by atoms with Crippen LogP contribution >= 0.6 is 0 Å². The van der Waals surface area contributed by atoms with Crippen molar-refractivity contribution >= 4 is 16.8 Å². The lowest BCUT2D eigenvalue weighted by atomic mass is 10.0. The Morgan fingerprint density at radius 1 is 1.00 bits per heavy atom. The summed E-state index contributed by atoms with van der Waals surface area (Å²) >= 11 is 0. The molecule has 2 saturated heterocycles. The van der Waals surface area contributed by atoms with Crippen molar-refractivity contribution in [2.24, 2.45) is 0 Å². The second-order valence-corrected chi connectivity index (χ2v) is 7.66. The highest BCUT2D eigenvalue weighted by atomic mass is 16.2. The van der Waals surface area contributed by atoms with Gasteiger partial charge < -0.3 is 4.90 Å². The Kier molecular flexibility index (Phi) is 5.48. The largest absolute Gasteiger partial charge is 0.342 e. The Morgan fingerprint density at radius 2 is 1.70 bits per heavy atom. The SMILES string of the molecule is O=C(CN1CCC(n2nnc3ccccc3c2=O)CC1)N1CCCCCC1. The van der Waals surface area contributed by atoms with Crippen LogP contribution in [0.25, 0.3) is 10.9 Å². The molecule has 4 rings (SSSR count). The molecule has 2 aliphatic heterocycles. The second-order valence-electron chi connectivity index (χ2n) is 7.66. The highest BCUT2D eigenvalue weighted by Gasteiger charge is 2.25. The normalized spacial score (nSPS) is 19.9. The van der Waals surface area contributed by atoms with E-state index in [2.05, 4.69) is 15.2 Å². The number of amides is 1. The van der Waals surface area contributed by atoms with Crippen molar-refractivity contribution in [3.05, 3.63) is 34.6 Å². The van der Waals surface area contributed by atoms with Gasteiger partial charge in [0, 0.05) is 26.2 Å². The van der Waals surface area contributed by atoms with Gasteiger partial charge in [0.15, 0.2) is 0 Å². The van der Waals surface area contributed by atoms with Crippen molar-refractivity contribution in [2.75, 3.05) is 32.7 Å². The topological polar surface area (TPSA) is 71.3 Å². The van der Waals surface area contributed by atoms with Gasteiger partial charge in [-0.2, -0.15) is 0 Å². The van der Waals surface area contributed by atoms with Crippen LogP contribution in [0.2, 0.25) is 0 Å². The fourth-order valence-corrected chi connectivity index (χ4v) is 4.17. The minimum Gasteiger partial charge on any atom is -0.342 e. The second kappa shape index (κ2) is 8.17. The van der Waals surface area contributed by atoms with Crippen molar-refractivity contribution in [3.8, 4) is 0 Å². The first-order valence-electron chi connectivity index (χ1n) is 10.1. The molecule has 2 aromatic rings. The van der Waals surface area contributed by atoms with Crippen molar-refractivity contribution in [1.29, 1.82) is 0 Å². The van der Waals surface area contributed by atoms with E-state index in [0.29, 0.717) is 17.4 Å². The van der Waals surface area contributed by atoms with Crippen LogP contribution in [0.15, 0.2) is 29.1 Å². The van der Waals surface area contributed by atoms with Gasteiger partial charge in [-0.25, -0.2) is 4.68 Å². The molecular weight excluding hydrogens is 342 g/mol. The smallest absolute Gasteiger partial charge is 0.277 e. The molecule has 2 fully saturated rings. The fourth-order valence-electron chi connectivity index (χ4n) is 4.17. The summed E-state index contributed by atoms with van der Waals surface area (Å²) < 4.78 is 1.54. The lowest BCUT2D eigenvalue weighted by Crippen LogP contribution is -2.45. The van der Waals surface area contributed by atoms with E-state index in [-0.39, 0.29) is 17.5 Å². The predicted molar refractivity (Wildman–Crippen MR) is 104 cm³/mol. The van der Waals surface area contributed by atoms with E-state index in [1.807, 2.05) is 23.1 Å². The maximum absolute atomic E-state index is 12.7. The summed E-state index contributed by atoms with van der Waals surface area (Å²) in [6.07, 6.45) is 6.35. The van der Waals surface area contributed by atoms with Gasteiger partial charge in [-0.3, -0.25) is 14.5 Å². The summed E-state index contributed by atoms with van der Waals surface area (Å²) in [4.78, 5) is 29.5. The molecule has 2 aliphatic rings. The van der Waals surface area contributed by atoms with Gasteiger partial charge in [-0.15, -0.1) is 5.10 Å². The van der Waals surface area contributed by atoms with Gasteiger partial charge >= 0.3 is 0 Å². The number of rotatable bonds is 3. The first-order chi connectivity index (χ1) is 13.2. The summed E-state index contributed by atoms with van der Waals surface area (Å²) in [5.41, 5.74) is 0.568. The van der Waals surface area contributed by atoms with E-state index < -0.39 is 0 Å². The molecule has 0 N–H and O–H groups in total. The van der Waals surface area contributed by atoms with Crippen LogP contribution in [0, 0.1) is 0 Å². The Labute approximate surface area is 158 Å². The molecule has 144 valence electrons. The molecule has 0 radical (unpaired) electrons. The molecule has 1 aromatic heterocycles. The summed E-state index contributed by atoms with van der Waals surface area (Å²) in [5, 5.41) is 8.97. The van der Waals surface area contributed by atoms with E-state index in [4.69, 9.17) is 0 Å². The lowest BCUT2D eigenvalue weighted by Gasteiger charge is -2.33. The number of hydrogen-bond acceptors (Lipinski definition) is 5. The van der Waals surface area contributed by atoms with Gasteiger partial charge in [-0.1, -0.05) is 30.2 Å². The van der Waals surface area contributed by atoms with Crippen LogP contribution in [-0.4, -0.2) is 63.4 Å². The Hall–Kier alpha value is -2.28. The monoisotopic (exact) mass is 369 g/mol. The maximum Gasteiger partial charge on any atom is 0.277 e. The number of carbonyl (C=O) groups is 1. The minimum atomic E-state index is -0.0697. The molecule has 7 nitrogen and oxygen atoms in total. The van der Waals surface area contributed by atoms with Crippen molar-refractivity contribution < 1.29 is 4.79 Å². The van der Waals surface area contributed by atoms with Crippen molar-refractivity contribution in [3.63, 3.8) is 0 Å². The first kappa shape index (κ1) is 18.1. The minimum absolute atomic E-state index is 0.0548. The van der Waals surface area contributed by atoms with Gasteiger partial charge in [-0.05, 0) is 37.8 Å². The third kappa shape index (κ3) is 4.03. The number of benzene rings is 1. The quantitative estimate of drug-likeness (QED) is 0.825. The maximum atomic E-state index is 12.7. The summed E-state index contributed by atoms with van der Waals surface area (Å²) in [6, 6.07) is 7.38. The predicted octanol–water partition coefficient (Wildman–Crippen LogP) is 1.83. The number of aromatic nitrogens is 3. The molecule has 3 heterocycles. The number of nitrogens with zero attached hydrogens (tertiary/aromatic N) is 5. The average Bonchev–Trinajstić information content (AvgIpc) is 2.99. The third-order valence-electron chi connectivity index (χ3n) is 5.81. The van der Waals surface area contributed by atoms with Crippen molar-refractivity contribution in [2.45, 2.75) is 44.6 Å². The molecule has 0 bridgehead atoms. The highest BCUT2D eigenvalue weighted by Crippen LogP contribution is 2.21. The average molecular weight is 369 g/mol. The third-order valence-corrected chi connectivity index (χ3v) is 5.81. The molecule has 1 amide bonds. The van der Waals surface area contributed by atoms with Crippen LogP contribution < -0.4 is 5.56 Å². The molecule has 27 heavy (non-hydrogen) atoms. The van der Waals surface area contributed by atoms with E-state index >= 15 is 0 Å². The van der Waals surface area contributed by atoms with Gasteiger partial charge in [0.05, 0.1) is 18.0 Å². The summed E-state index contributed by atoms with van der Waals surface area (Å²) in [7, 11) is 0. The zero-order chi connectivity index (χ0) is 18.6. The molecule has 7 heteroatoms. The first-order valence-corrected chi connectivity index (χ1v) is 10.1. The van der Waals surface area contributed by atoms with E-state index in [1.165, 1.54) is 17.5 Å². The van der Waals surface area contributed by atoms with Gasteiger partial charge in [0.1, 0.15) is 5.52 Å². The molecule has 0 aliphatic carbocycles. The number of hydrogen-bond donors (Lipinski definition) is 0. The molecule has 0 atom stereocenters. The van der Waals surface area contributed by atoms with Crippen LogP contribution in [-0.2, 0) is 4.79 Å². The Morgan fingerprint density at radius 3 is 2.44 bits per heavy atom. The number of likely N-dealkylation sites (tertiary alicyclic amines) is 2. The number of piperidine rings is 1. The number of fused-ring (bicyclic) bond motifs is 1. The van der Waals surface area contributed by atoms with E-state index in [9.17, 15) is 9.59 Å². The summed E-state index contributed by atoms with van der Waals surface area (Å²) in [5.74, 6) is 0.248. The highest BCUT2D eigenvalue weighted by molar-refractivity contribution is 5.78. The zero-order valence-corrected chi connectivity index (χ0v) is 15.7. The number of carbonyl (C=O) groups excluding carboxylic acids is 1. The van der Waals surface area contributed by atoms with Crippen LogP contribution in [0.5, 0.6) is 0 Å². The molecule has 0 unspecified atom stereocenters. The fraction of sp³-hybridized carbons (Fsp3) is 0.600. The summed E-state index contributed by atoms with van der Waals surface area (Å²) in [6.45, 7) is 3.91. The van der Waals surface area contributed by atoms with Crippen LogP contribution in [0.3, 0.4) is 0 Å². The zero-order valence-electron chi connectivity index (χ0n) is 15.7. The molecule has 1 aromatic carbocycles. The van der Waals surface area contributed by atoms with Crippen LogP contribution in [0.1, 0.15) is 44.6 Å². The Bertz CT molecular complexity index is 849. The molecular formula is C20H27N5O2. The van der Waals surface area contributed by atoms with Gasteiger partial charge in [0.2, 0.25) is 5.91 Å². The molecule has 0 spiro atoms. The standard InChI is InChI=1S/C20H27N5O2/c26-19(24-11-5-1-2-6-12-24)15-23-13-9-16(10-14-23)25-20(27)17-7-3-4-8-18(17)21-22-25/h3-4,7-8,16H,1-2,5-6,9-15H2. The lowest BCUT2D eigenvalue weighted by molar-refractivity contribution is -0.132.